The van der Waals surface area contributed by atoms with Crippen molar-refractivity contribution in [3.05, 3.63) is 89.4 Å². The van der Waals surface area contributed by atoms with Crippen LogP contribution in [-0.4, -0.2) is 29.9 Å². The largest absolute Gasteiger partial charge is 0.493 e. The Balaban J connectivity index is 1.45. The summed E-state index contributed by atoms with van der Waals surface area (Å²) >= 11 is 5.41. The Morgan fingerprint density at radius 3 is 2.39 bits per heavy atom. The molecule has 1 aromatic heterocycles. The summed E-state index contributed by atoms with van der Waals surface area (Å²) in [5.41, 5.74) is 3.13. The van der Waals surface area contributed by atoms with Gasteiger partial charge in [-0.25, -0.2) is 4.39 Å². The minimum absolute atomic E-state index is 0.0197. The molecule has 0 unspecified atom stereocenters. The lowest BCUT2D eigenvalue weighted by Gasteiger charge is -2.13. The lowest BCUT2D eigenvalue weighted by atomic mass is 9.99. The van der Waals surface area contributed by atoms with Crippen molar-refractivity contribution in [3.63, 3.8) is 0 Å². The topological polar surface area (TPSA) is 57.7 Å². The van der Waals surface area contributed by atoms with Gasteiger partial charge in [-0.2, -0.15) is 0 Å². The van der Waals surface area contributed by atoms with E-state index < -0.39 is 5.82 Å². The molecule has 0 spiro atoms. The second-order valence-corrected chi connectivity index (χ2v) is 9.00. The summed E-state index contributed by atoms with van der Waals surface area (Å²) in [4.78, 5) is 17.3. The molecule has 5 nitrogen and oxygen atoms in total. The van der Waals surface area contributed by atoms with E-state index in [1.807, 2.05) is 31.2 Å². The average molecular weight is 504 g/mol. The lowest BCUT2D eigenvalue weighted by molar-refractivity contribution is -0.117. The number of ketones is 1. The summed E-state index contributed by atoms with van der Waals surface area (Å²) in [6, 6.07) is 17.6. The first kappa shape index (κ1) is 25.3. The van der Waals surface area contributed by atoms with Crippen LogP contribution in [0.25, 0.3) is 10.9 Å². The van der Waals surface area contributed by atoms with Gasteiger partial charge in [-0.05, 0) is 41.8 Å². The summed E-state index contributed by atoms with van der Waals surface area (Å²) in [5, 5.41) is 0.702. The zero-order valence-electron chi connectivity index (χ0n) is 20.3. The first-order chi connectivity index (χ1) is 17.4. The molecule has 4 rings (SSSR count). The fourth-order valence-corrected chi connectivity index (χ4v) is 4.29. The van der Waals surface area contributed by atoms with Gasteiger partial charge in [0, 0.05) is 47.8 Å². The van der Waals surface area contributed by atoms with Crippen LogP contribution < -0.4 is 14.2 Å². The van der Waals surface area contributed by atoms with Gasteiger partial charge in [0.05, 0.1) is 19.7 Å². The standard InChI is InChI=1S/C29H26FNO4S/c1-18-6-4-5-7-19(18)12-21(32)14-23(36)13-20-8-9-22(15-25(20)30)35-27-10-11-31-26-17-29(34-3)28(33-2)16-24(26)27/h4-11,15-17H,12-14H2,1-3H3. The van der Waals surface area contributed by atoms with E-state index >= 15 is 0 Å². The zero-order chi connectivity index (χ0) is 25.7. The van der Waals surface area contributed by atoms with Crippen LogP contribution in [0.1, 0.15) is 23.1 Å². The third-order valence-electron chi connectivity index (χ3n) is 5.89. The van der Waals surface area contributed by atoms with Gasteiger partial charge in [0.1, 0.15) is 23.1 Å². The molecule has 4 aromatic rings. The van der Waals surface area contributed by atoms with Gasteiger partial charge in [0.15, 0.2) is 11.5 Å². The van der Waals surface area contributed by atoms with Gasteiger partial charge in [0.2, 0.25) is 0 Å². The molecule has 0 saturated carbocycles. The van der Waals surface area contributed by atoms with Crippen LogP contribution in [0.4, 0.5) is 4.39 Å². The van der Waals surface area contributed by atoms with Crippen molar-refractivity contribution in [2.45, 2.75) is 26.2 Å². The van der Waals surface area contributed by atoms with E-state index in [9.17, 15) is 9.18 Å². The van der Waals surface area contributed by atoms with Crippen LogP contribution in [0.5, 0.6) is 23.0 Å². The maximum absolute atomic E-state index is 14.9. The number of ether oxygens (including phenoxy) is 3. The number of aryl methyl sites for hydroxylation is 1. The second kappa shape index (κ2) is 11.3. The predicted octanol–water partition coefficient (Wildman–Crippen LogP) is 6.61. The first-order valence-electron chi connectivity index (χ1n) is 11.4. The summed E-state index contributed by atoms with van der Waals surface area (Å²) in [6.45, 7) is 1.97. The van der Waals surface area contributed by atoms with Gasteiger partial charge < -0.3 is 14.2 Å². The van der Waals surface area contributed by atoms with E-state index in [0.717, 1.165) is 11.1 Å². The number of Topliss-reactive ketones (excluding diaryl/α,β-unsaturated/α-hetero) is 1. The van der Waals surface area contributed by atoms with Crippen LogP contribution in [0, 0.1) is 12.7 Å². The molecule has 0 aliphatic heterocycles. The Hall–Kier alpha value is -3.84. The van der Waals surface area contributed by atoms with Crippen LogP contribution in [0.3, 0.4) is 0 Å². The van der Waals surface area contributed by atoms with Gasteiger partial charge in [-0.3, -0.25) is 9.78 Å². The second-order valence-electron chi connectivity index (χ2n) is 8.42. The molecule has 0 amide bonds. The van der Waals surface area contributed by atoms with Crippen molar-refractivity contribution in [2.24, 2.45) is 0 Å². The van der Waals surface area contributed by atoms with Crippen LogP contribution in [-0.2, 0) is 17.6 Å². The molecular weight excluding hydrogens is 477 g/mol. The highest BCUT2D eigenvalue weighted by molar-refractivity contribution is 7.80. The minimum atomic E-state index is -0.446. The molecule has 0 aliphatic carbocycles. The number of pyridine rings is 1. The smallest absolute Gasteiger partial charge is 0.162 e. The number of hydrogen-bond acceptors (Lipinski definition) is 6. The lowest BCUT2D eigenvalue weighted by Crippen LogP contribution is -2.12. The number of benzene rings is 3. The molecular formula is C29H26FNO4S. The van der Waals surface area contributed by atoms with Gasteiger partial charge in [-0.1, -0.05) is 42.5 Å². The van der Waals surface area contributed by atoms with E-state index in [-0.39, 0.29) is 18.6 Å². The maximum atomic E-state index is 14.9. The first-order valence-corrected chi connectivity index (χ1v) is 11.8. The number of nitrogens with zero attached hydrogens (tertiary/aromatic N) is 1. The molecule has 0 saturated heterocycles. The molecule has 0 radical (unpaired) electrons. The fourth-order valence-electron chi connectivity index (χ4n) is 3.98. The Kier molecular flexibility index (Phi) is 7.90. The molecule has 3 aromatic carbocycles. The monoisotopic (exact) mass is 503 g/mol. The number of halogens is 1. The number of fused-ring (bicyclic) bond motifs is 1. The summed E-state index contributed by atoms with van der Waals surface area (Å²) in [6.07, 6.45) is 2.27. The summed E-state index contributed by atoms with van der Waals surface area (Å²) < 4.78 is 31.6. The van der Waals surface area contributed by atoms with E-state index in [4.69, 9.17) is 26.4 Å². The average Bonchev–Trinajstić information content (AvgIpc) is 2.86. The molecule has 7 heteroatoms. The van der Waals surface area contributed by atoms with Crippen molar-refractivity contribution in [3.8, 4) is 23.0 Å². The van der Waals surface area contributed by atoms with Crippen molar-refractivity contribution < 1.29 is 23.4 Å². The highest BCUT2D eigenvalue weighted by Crippen LogP contribution is 2.37. The quantitative estimate of drug-likeness (QED) is 0.227. The molecule has 0 bridgehead atoms. The summed E-state index contributed by atoms with van der Waals surface area (Å²) in [5.74, 6) is 1.50. The number of methoxy groups -OCH3 is 2. The van der Waals surface area contributed by atoms with E-state index in [1.54, 1.807) is 50.7 Å². The third kappa shape index (κ3) is 5.86. The molecule has 0 fully saturated rings. The van der Waals surface area contributed by atoms with Crippen molar-refractivity contribution in [1.82, 2.24) is 4.98 Å². The van der Waals surface area contributed by atoms with Crippen molar-refractivity contribution in [1.29, 1.82) is 0 Å². The van der Waals surface area contributed by atoms with E-state index in [0.29, 0.717) is 50.7 Å². The molecule has 0 atom stereocenters. The van der Waals surface area contributed by atoms with E-state index in [2.05, 4.69) is 4.98 Å². The molecule has 36 heavy (non-hydrogen) atoms. The molecule has 0 N–H and O–H groups in total. The molecule has 0 aliphatic rings. The summed E-state index contributed by atoms with van der Waals surface area (Å²) in [7, 11) is 3.11. The highest BCUT2D eigenvalue weighted by atomic mass is 32.1. The number of thiocarbonyl (C=S) groups is 1. The van der Waals surface area contributed by atoms with Gasteiger partial charge in [-0.15, -0.1) is 0 Å². The highest BCUT2D eigenvalue weighted by Gasteiger charge is 2.14. The Labute approximate surface area is 214 Å². The zero-order valence-corrected chi connectivity index (χ0v) is 21.2. The minimum Gasteiger partial charge on any atom is -0.493 e. The predicted molar refractivity (Wildman–Crippen MR) is 142 cm³/mol. The normalized spacial score (nSPS) is 10.8. The SMILES string of the molecule is COc1cc2nccc(Oc3ccc(CC(=S)CC(=O)Cc4ccccc4C)c(F)c3)c2cc1OC. The van der Waals surface area contributed by atoms with Crippen molar-refractivity contribution >= 4 is 33.8 Å². The fraction of sp³-hybridized carbons (Fsp3) is 0.207. The van der Waals surface area contributed by atoms with Crippen molar-refractivity contribution in [2.75, 3.05) is 14.2 Å². The van der Waals surface area contributed by atoms with Crippen LogP contribution in [0.15, 0.2) is 66.9 Å². The third-order valence-corrected chi connectivity index (χ3v) is 6.18. The Morgan fingerprint density at radius 2 is 1.67 bits per heavy atom. The maximum Gasteiger partial charge on any atom is 0.162 e. The number of aromatic nitrogens is 1. The number of hydrogen-bond donors (Lipinski definition) is 0. The number of carbonyl (C=O) groups excluding carboxylic acids is 1. The number of carbonyl (C=O) groups is 1. The number of rotatable bonds is 10. The molecule has 1 heterocycles. The van der Waals surface area contributed by atoms with Crippen LogP contribution in [0.2, 0.25) is 0 Å². The van der Waals surface area contributed by atoms with Gasteiger partial charge >= 0.3 is 0 Å². The molecule has 184 valence electrons. The van der Waals surface area contributed by atoms with Crippen LogP contribution >= 0.6 is 12.2 Å². The Bertz CT molecular complexity index is 1440. The Morgan fingerprint density at radius 1 is 0.917 bits per heavy atom. The van der Waals surface area contributed by atoms with E-state index in [1.165, 1.54) is 6.07 Å². The van der Waals surface area contributed by atoms with Gasteiger partial charge in [0.25, 0.3) is 0 Å².